The summed E-state index contributed by atoms with van der Waals surface area (Å²) in [5.41, 5.74) is 1.19. The maximum Gasteiger partial charge on any atom is 0.288 e. The highest BCUT2D eigenvalue weighted by molar-refractivity contribution is 6.32. The molecule has 2 aromatic carbocycles. The molecule has 0 fully saturated rings. The number of nitrogens with zero attached hydrogens (tertiary/aromatic N) is 1. The first kappa shape index (κ1) is 19.4. The normalized spacial score (nSPS) is 10.6. The summed E-state index contributed by atoms with van der Waals surface area (Å²) in [4.78, 5) is 37.5. The lowest BCUT2D eigenvalue weighted by Crippen LogP contribution is -2.30. The van der Waals surface area contributed by atoms with Crippen molar-refractivity contribution in [1.29, 1.82) is 0 Å². The van der Waals surface area contributed by atoms with Crippen molar-refractivity contribution in [2.45, 2.75) is 6.42 Å². The summed E-state index contributed by atoms with van der Waals surface area (Å²) in [6.45, 7) is 0.678. The molecule has 0 bridgehead atoms. The number of aromatic nitrogens is 1. The zero-order valence-electron chi connectivity index (χ0n) is 14.7. The fourth-order valence-corrected chi connectivity index (χ4v) is 2.87. The second kappa shape index (κ2) is 8.53. The average Bonchev–Trinajstić information content (AvgIpc) is 3.12. The van der Waals surface area contributed by atoms with Crippen molar-refractivity contribution < 1.29 is 14.5 Å². The molecule has 9 heteroatoms. The molecule has 1 aromatic heterocycles. The number of hydrogen-bond donors (Lipinski definition) is 3. The Bertz CT molecular complexity index is 1010. The van der Waals surface area contributed by atoms with Gasteiger partial charge in [-0.15, -0.1) is 0 Å². The molecule has 8 nitrogen and oxygen atoms in total. The Morgan fingerprint density at radius 3 is 2.46 bits per heavy atom. The summed E-state index contributed by atoms with van der Waals surface area (Å²) >= 11 is 5.73. The Balaban J connectivity index is 1.45. The number of nitrogens with one attached hydrogen (secondary N) is 3. The number of nitro benzene ring substituents is 1. The molecule has 0 atom stereocenters. The Kier molecular flexibility index (Phi) is 5.90. The number of nitro groups is 1. The van der Waals surface area contributed by atoms with Crippen LogP contribution in [-0.2, 0) is 0 Å². The van der Waals surface area contributed by atoms with Crippen LogP contribution < -0.4 is 10.6 Å². The number of carbonyl (C=O) groups is 2. The maximum atomic E-state index is 12.2. The Hall–Kier alpha value is -3.39. The minimum Gasteiger partial charge on any atom is -0.352 e. The van der Waals surface area contributed by atoms with Crippen LogP contribution in [0.3, 0.4) is 0 Å². The van der Waals surface area contributed by atoms with Gasteiger partial charge in [-0.2, -0.15) is 0 Å². The topological polar surface area (TPSA) is 117 Å². The minimum absolute atomic E-state index is 0.0266. The van der Waals surface area contributed by atoms with Crippen LogP contribution in [0.1, 0.15) is 27.3 Å². The molecule has 3 aromatic rings. The molecule has 2 amide bonds. The van der Waals surface area contributed by atoms with E-state index in [-0.39, 0.29) is 22.2 Å². The first-order valence-electron chi connectivity index (χ1n) is 8.54. The van der Waals surface area contributed by atoms with E-state index in [9.17, 15) is 19.7 Å². The number of fused-ring (bicyclic) bond motifs is 1. The molecule has 28 heavy (non-hydrogen) atoms. The predicted molar refractivity (Wildman–Crippen MR) is 106 cm³/mol. The van der Waals surface area contributed by atoms with Crippen molar-refractivity contribution in [2.75, 3.05) is 13.1 Å². The summed E-state index contributed by atoms with van der Waals surface area (Å²) in [6, 6.07) is 13.2. The number of aromatic amines is 1. The van der Waals surface area contributed by atoms with Crippen LogP contribution in [0.25, 0.3) is 10.9 Å². The fourth-order valence-electron chi connectivity index (χ4n) is 2.68. The lowest BCUT2D eigenvalue weighted by Gasteiger charge is -2.07. The van der Waals surface area contributed by atoms with Crippen molar-refractivity contribution in [3.05, 3.63) is 74.9 Å². The standard InChI is InChI=1S/C19H17ClN4O4/c20-14-7-6-13(11-17(14)24(27)28)18(25)21-8-3-9-22-19(26)16-10-12-4-1-2-5-15(12)23-16/h1-2,4-7,10-11,23H,3,8-9H2,(H,21,25)(H,22,26). The number of halogens is 1. The molecule has 3 rings (SSSR count). The monoisotopic (exact) mass is 400 g/mol. The van der Waals surface area contributed by atoms with Gasteiger partial charge in [0.25, 0.3) is 17.5 Å². The van der Waals surface area contributed by atoms with Crippen LogP contribution in [0.15, 0.2) is 48.5 Å². The van der Waals surface area contributed by atoms with Crippen molar-refractivity contribution >= 4 is 40.0 Å². The number of amides is 2. The van der Waals surface area contributed by atoms with Crippen LogP contribution >= 0.6 is 11.6 Å². The quantitative estimate of drug-likeness (QED) is 0.320. The number of benzene rings is 2. The van der Waals surface area contributed by atoms with Crippen LogP contribution in [-0.4, -0.2) is 34.8 Å². The first-order chi connectivity index (χ1) is 13.5. The second-order valence-corrected chi connectivity index (χ2v) is 6.47. The van der Waals surface area contributed by atoms with Crippen molar-refractivity contribution in [3.8, 4) is 0 Å². The van der Waals surface area contributed by atoms with Gasteiger partial charge in [-0.3, -0.25) is 19.7 Å². The zero-order valence-corrected chi connectivity index (χ0v) is 15.5. The molecule has 144 valence electrons. The van der Waals surface area contributed by atoms with E-state index in [1.807, 2.05) is 24.3 Å². The van der Waals surface area contributed by atoms with Gasteiger partial charge in [-0.25, -0.2) is 0 Å². The van der Waals surface area contributed by atoms with Gasteiger partial charge in [0.15, 0.2) is 0 Å². The highest BCUT2D eigenvalue weighted by Crippen LogP contribution is 2.24. The van der Waals surface area contributed by atoms with Gasteiger partial charge in [0.05, 0.1) is 4.92 Å². The van der Waals surface area contributed by atoms with Crippen molar-refractivity contribution in [2.24, 2.45) is 0 Å². The van der Waals surface area contributed by atoms with E-state index in [1.165, 1.54) is 12.1 Å². The summed E-state index contributed by atoms with van der Waals surface area (Å²) in [6.07, 6.45) is 0.507. The smallest absolute Gasteiger partial charge is 0.288 e. The number of hydrogen-bond acceptors (Lipinski definition) is 4. The maximum absolute atomic E-state index is 12.2. The van der Waals surface area contributed by atoms with Gasteiger partial charge in [0, 0.05) is 35.6 Å². The summed E-state index contributed by atoms with van der Waals surface area (Å²) in [5.74, 6) is -0.669. The van der Waals surface area contributed by atoms with Gasteiger partial charge in [-0.05, 0) is 30.7 Å². The van der Waals surface area contributed by atoms with Gasteiger partial charge < -0.3 is 15.6 Å². The van der Waals surface area contributed by atoms with Crippen molar-refractivity contribution in [3.63, 3.8) is 0 Å². The number of para-hydroxylation sites is 1. The van der Waals surface area contributed by atoms with E-state index >= 15 is 0 Å². The summed E-state index contributed by atoms with van der Waals surface area (Å²) in [7, 11) is 0. The molecule has 0 aliphatic rings. The van der Waals surface area contributed by atoms with Crippen LogP contribution in [0, 0.1) is 10.1 Å². The van der Waals surface area contributed by atoms with Crippen LogP contribution in [0.2, 0.25) is 5.02 Å². The largest absolute Gasteiger partial charge is 0.352 e. The van der Waals surface area contributed by atoms with E-state index in [2.05, 4.69) is 15.6 Å². The Morgan fingerprint density at radius 1 is 1.04 bits per heavy atom. The number of rotatable bonds is 7. The fraction of sp³-hybridized carbons (Fsp3) is 0.158. The van der Waals surface area contributed by atoms with E-state index in [0.29, 0.717) is 25.2 Å². The molecule has 0 saturated carbocycles. The third-order valence-electron chi connectivity index (χ3n) is 4.10. The van der Waals surface area contributed by atoms with E-state index in [1.54, 1.807) is 6.07 Å². The summed E-state index contributed by atoms with van der Waals surface area (Å²) < 4.78 is 0. The summed E-state index contributed by atoms with van der Waals surface area (Å²) in [5, 5.41) is 17.2. The predicted octanol–water partition coefficient (Wildman–Crippen LogP) is 3.28. The van der Waals surface area contributed by atoms with Crippen LogP contribution in [0.4, 0.5) is 5.69 Å². The minimum atomic E-state index is -0.640. The molecular weight excluding hydrogens is 384 g/mol. The van der Waals surface area contributed by atoms with E-state index in [0.717, 1.165) is 17.0 Å². The van der Waals surface area contributed by atoms with E-state index in [4.69, 9.17) is 11.6 Å². The van der Waals surface area contributed by atoms with Gasteiger partial charge in [0.1, 0.15) is 10.7 Å². The van der Waals surface area contributed by atoms with Gasteiger partial charge in [-0.1, -0.05) is 29.8 Å². The molecule has 0 saturated heterocycles. The number of H-pyrrole nitrogens is 1. The second-order valence-electron chi connectivity index (χ2n) is 6.06. The van der Waals surface area contributed by atoms with E-state index < -0.39 is 10.8 Å². The highest BCUT2D eigenvalue weighted by atomic mass is 35.5. The van der Waals surface area contributed by atoms with Gasteiger partial charge in [0.2, 0.25) is 0 Å². The molecule has 3 N–H and O–H groups in total. The molecule has 0 aliphatic carbocycles. The van der Waals surface area contributed by atoms with Crippen molar-refractivity contribution in [1.82, 2.24) is 15.6 Å². The lowest BCUT2D eigenvalue weighted by atomic mass is 10.2. The number of carbonyl (C=O) groups excluding carboxylic acids is 2. The molecular formula is C19H17ClN4O4. The first-order valence-corrected chi connectivity index (χ1v) is 8.91. The highest BCUT2D eigenvalue weighted by Gasteiger charge is 2.16. The lowest BCUT2D eigenvalue weighted by molar-refractivity contribution is -0.384. The SMILES string of the molecule is O=C(NCCCNC(=O)c1cc2ccccc2[nH]1)c1ccc(Cl)c([N+](=O)[O-])c1. The molecule has 0 aliphatic heterocycles. The van der Waals surface area contributed by atoms with Crippen LogP contribution in [0.5, 0.6) is 0 Å². The molecule has 0 radical (unpaired) electrons. The third kappa shape index (κ3) is 4.47. The third-order valence-corrected chi connectivity index (χ3v) is 4.42. The average molecular weight is 401 g/mol. The Labute approximate surface area is 165 Å². The molecule has 0 unspecified atom stereocenters. The van der Waals surface area contributed by atoms with Gasteiger partial charge >= 0.3 is 0 Å². The zero-order chi connectivity index (χ0) is 20.1. The molecule has 0 spiro atoms. The molecule has 1 heterocycles. The Morgan fingerprint density at radius 2 is 1.75 bits per heavy atom.